The fraction of sp³-hybridized carbons (Fsp3) is 0.846. The van der Waals surface area contributed by atoms with E-state index in [4.69, 9.17) is 10.3 Å². The maximum Gasteiger partial charge on any atom is 0.243 e. The Bertz CT molecular complexity index is 361. The van der Waals surface area contributed by atoms with E-state index in [0.29, 0.717) is 11.8 Å². The minimum Gasteiger partial charge on any atom is -0.338 e. The van der Waals surface area contributed by atoms with E-state index in [0.717, 1.165) is 16.8 Å². The van der Waals surface area contributed by atoms with Crippen LogP contribution in [0.1, 0.15) is 63.7 Å². The Morgan fingerprint density at radius 2 is 2.06 bits per heavy atom. The Kier molecular flexibility index (Phi) is 5.06. The number of nitrogens with two attached hydrogens (primary N) is 1. The highest BCUT2D eigenvalue weighted by Crippen LogP contribution is 2.30. The molecule has 1 unspecified atom stereocenters. The van der Waals surface area contributed by atoms with Crippen molar-refractivity contribution in [3.8, 4) is 0 Å². The van der Waals surface area contributed by atoms with Gasteiger partial charge in [-0.2, -0.15) is 16.7 Å². The van der Waals surface area contributed by atoms with Crippen LogP contribution in [0.15, 0.2) is 4.52 Å². The minimum absolute atomic E-state index is 0.147. The first kappa shape index (κ1) is 13.9. The summed E-state index contributed by atoms with van der Waals surface area (Å²) in [4.78, 5) is 4.39. The van der Waals surface area contributed by atoms with Gasteiger partial charge in [-0.05, 0) is 18.8 Å². The standard InChI is InChI=1S/C13H23N3OS/c1-9(2)12(14)13-15-11(16-17-13)8-18-10-6-4-3-5-7-10/h9-10,12H,3-8,14H2,1-2H3. The summed E-state index contributed by atoms with van der Waals surface area (Å²) in [6.45, 7) is 4.12. The van der Waals surface area contributed by atoms with Gasteiger partial charge in [-0.3, -0.25) is 0 Å². The second kappa shape index (κ2) is 6.57. The molecule has 0 amide bonds. The van der Waals surface area contributed by atoms with Crippen LogP contribution in [0.25, 0.3) is 0 Å². The number of aromatic nitrogens is 2. The predicted octanol–water partition coefficient (Wildman–Crippen LogP) is 3.29. The molecule has 4 nitrogen and oxygen atoms in total. The summed E-state index contributed by atoms with van der Waals surface area (Å²) in [5.74, 6) is 2.53. The molecule has 18 heavy (non-hydrogen) atoms. The Hall–Kier alpha value is -0.550. The van der Waals surface area contributed by atoms with Gasteiger partial charge in [0.2, 0.25) is 5.89 Å². The maximum atomic E-state index is 5.99. The molecule has 102 valence electrons. The number of hydrogen-bond acceptors (Lipinski definition) is 5. The molecule has 2 rings (SSSR count). The van der Waals surface area contributed by atoms with Crippen LogP contribution in [0.2, 0.25) is 0 Å². The van der Waals surface area contributed by atoms with Crippen molar-refractivity contribution in [3.05, 3.63) is 11.7 Å². The summed E-state index contributed by atoms with van der Waals surface area (Å²) in [6.07, 6.45) is 6.80. The van der Waals surface area contributed by atoms with Crippen LogP contribution >= 0.6 is 11.8 Å². The number of rotatable bonds is 5. The van der Waals surface area contributed by atoms with E-state index >= 15 is 0 Å². The number of nitrogens with zero attached hydrogens (tertiary/aromatic N) is 2. The van der Waals surface area contributed by atoms with Crippen molar-refractivity contribution in [3.63, 3.8) is 0 Å². The van der Waals surface area contributed by atoms with Crippen molar-refractivity contribution in [2.45, 2.75) is 63.0 Å². The van der Waals surface area contributed by atoms with E-state index in [2.05, 4.69) is 24.0 Å². The van der Waals surface area contributed by atoms with E-state index in [9.17, 15) is 0 Å². The lowest BCUT2D eigenvalue weighted by atomic mass is 10.0. The quantitative estimate of drug-likeness (QED) is 0.888. The smallest absolute Gasteiger partial charge is 0.243 e. The second-order valence-corrected chi connectivity index (χ2v) is 6.68. The van der Waals surface area contributed by atoms with Gasteiger partial charge in [-0.1, -0.05) is 38.3 Å². The SMILES string of the molecule is CC(C)C(N)c1nc(CSC2CCCCC2)no1. The number of thioether (sulfide) groups is 1. The van der Waals surface area contributed by atoms with Crippen LogP contribution in [-0.2, 0) is 5.75 Å². The van der Waals surface area contributed by atoms with E-state index in [1.165, 1.54) is 32.1 Å². The zero-order chi connectivity index (χ0) is 13.0. The van der Waals surface area contributed by atoms with Crippen molar-refractivity contribution < 1.29 is 4.52 Å². The van der Waals surface area contributed by atoms with Crippen molar-refractivity contribution in [2.75, 3.05) is 0 Å². The fourth-order valence-corrected chi connectivity index (χ4v) is 3.34. The van der Waals surface area contributed by atoms with Gasteiger partial charge in [-0.25, -0.2) is 0 Å². The monoisotopic (exact) mass is 269 g/mol. The zero-order valence-electron chi connectivity index (χ0n) is 11.3. The molecule has 0 spiro atoms. The van der Waals surface area contributed by atoms with E-state index < -0.39 is 0 Å². The van der Waals surface area contributed by atoms with Gasteiger partial charge in [0.1, 0.15) is 0 Å². The van der Waals surface area contributed by atoms with Crippen LogP contribution < -0.4 is 5.73 Å². The highest BCUT2D eigenvalue weighted by molar-refractivity contribution is 7.99. The average molecular weight is 269 g/mol. The third-order valence-corrected chi connectivity index (χ3v) is 4.86. The first-order valence-electron chi connectivity index (χ1n) is 6.86. The van der Waals surface area contributed by atoms with E-state index in [1.807, 2.05) is 11.8 Å². The van der Waals surface area contributed by atoms with Gasteiger partial charge in [-0.15, -0.1) is 0 Å². The van der Waals surface area contributed by atoms with Crippen molar-refractivity contribution >= 4 is 11.8 Å². The van der Waals surface area contributed by atoms with Gasteiger partial charge in [0.15, 0.2) is 5.82 Å². The second-order valence-electron chi connectivity index (χ2n) is 5.39. The largest absolute Gasteiger partial charge is 0.338 e. The zero-order valence-corrected chi connectivity index (χ0v) is 12.1. The molecule has 1 atom stereocenters. The molecule has 5 heteroatoms. The Labute approximate surface area is 113 Å². The first-order valence-corrected chi connectivity index (χ1v) is 7.91. The molecule has 1 heterocycles. The van der Waals surface area contributed by atoms with Gasteiger partial charge >= 0.3 is 0 Å². The van der Waals surface area contributed by atoms with Gasteiger partial charge < -0.3 is 10.3 Å². The van der Waals surface area contributed by atoms with Crippen molar-refractivity contribution in [1.82, 2.24) is 10.1 Å². The summed E-state index contributed by atoms with van der Waals surface area (Å²) in [6, 6.07) is -0.147. The highest BCUT2D eigenvalue weighted by atomic mass is 32.2. The molecular formula is C13H23N3OS. The van der Waals surface area contributed by atoms with Crippen LogP contribution in [0.4, 0.5) is 0 Å². The first-order chi connectivity index (χ1) is 8.66. The normalized spacial score (nSPS) is 19.3. The highest BCUT2D eigenvalue weighted by Gasteiger charge is 2.19. The van der Waals surface area contributed by atoms with Crippen molar-refractivity contribution in [1.29, 1.82) is 0 Å². The summed E-state index contributed by atoms with van der Waals surface area (Å²) in [5, 5.41) is 4.79. The predicted molar refractivity (Wildman–Crippen MR) is 74.2 cm³/mol. The Balaban J connectivity index is 1.82. The lowest BCUT2D eigenvalue weighted by molar-refractivity contribution is 0.323. The molecule has 1 aliphatic carbocycles. The van der Waals surface area contributed by atoms with Crippen LogP contribution in [0, 0.1) is 5.92 Å². The topological polar surface area (TPSA) is 64.9 Å². The van der Waals surface area contributed by atoms with Gasteiger partial charge in [0.05, 0.1) is 11.8 Å². The summed E-state index contributed by atoms with van der Waals surface area (Å²) in [5.41, 5.74) is 5.99. The van der Waals surface area contributed by atoms with Crippen LogP contribution in [0.5, 0.6) is 0 Å². The molecule has 0 saturated heterocycles. The van der Waals surface area contributed by atoms with E-state index in [-0.39, 0.29) is 6.04 Å². The van der Waals surface area contributed by atoms with Crippen LogP contribution in [0.3, 0.4) is 0 Å². The Morgan fingerprint density at radius 3 is 2.72 bits per heavy atom. The Morgan fingerprint density at radius 1 is 1.33 bits per heavy atom. The van der Waals surface area contributed by atoms with Gasteiger partial charge in [0.25, 0.3) is 0 Å². The molecule has 1 aromatic heterocycles. The summed E-state index contributed by atoms with van der Waals surface area (Å²) in [7, 11) is 0. The van der Waals surface area contributed by atoms with Gasteiger partial charge in [0, 0.05) is 5.25 Å². The molecule has 0 aliphatic heterocycles. The summed E-state index contributed by atoms with van der Waals surface area (Å²) >= 11 is 1.96. The molecule has 1 aromatic rings. The molecule has 2 N–H and O–H groups in total. The molecule has 1 fully saturated rings. The average Bonchev–Trinajstić information content (AvgIpc) is 2.85. The maximum absolute atomic E-state index is 5.99. The summed E-state index contributed by atoms with van der Waals surface area (Å²) < 4.78 is 5.23. The van der Waals surface area contributed by atoms with E-state index in [1.54, 1.807) is 0 Å². The fourth-order valence-electron chi connectivity index (χ4n) is 2.17. The lowest BCUT2D eigenvalue weighted by Gasteiger charge is -2.20. The van der Waals surface area contributed by atoms with Crippen molar-refractivity contribution in [2.24, 2.45) is 11.7 Å². The number of hydrogen-bond donors (Lipinski definition) is 1. The molecule has 1 saturated carbocycles. The molecule has 0 aromatic carbocycles. The third kappa shape index (κ3) is 3.72. The molecular weight excluding hydrogens is 246 g/mol. The molecule has 1 aliphatic rings. The molecule has 0 radical (unpaired) electrons. The lowest BCUT2D eigenvalue weighted by Crippen LogP contribution is -2.17. The third-order valence-electron chi connectivity index (χ3n) is 3.49. The van der Waals surface area contributed by atoms with Crippen LogP contribution in [-0.4, -0.2) is 15.4 Å². The minimum atomic E-state index is -0.147. The molecule has 0 bridgehead atoms.